The van der Waals surface area contributed by atoms with E-state index in [9.17, 15) is 21.6 Å². The van der Waals surface area contributed by atoms with Crippen molar-refractivity contribution in [1.29, 1.82) is 0 Å². The first kappa shape index (κ1) is 22.1. The summed E-state index contributed by atoms with van der Waals surface area (Å²) in [5, 5.41) is 2.06. The lowest BCUT2D eigenvalue weighted by molar-refractivity contribution is -0.0500. The van der Waals surface area contributed by atoms with E-state index in [4.69, 9.17) is 0 Å². The molecule has 4 rings (SSSR count). The second-order valence-corrected chi connectivity index (χ2v) is 10.1. The molecule has 1 aliphatic heterocycles. The highest BCUT2D eigenvalue weighted by molar-refractivity contribution is 9.10. The summed E-state index contributed by atoms with van der Waals surface area (Å²) >= 11 is 3.45. The van der Waals surface area contributed by atoms with Crippen molar-refractivity contribution in [1.82, 2.24) is 4.90 Å². The Hall–Kier alpha value is -2.10. The predicted octanol–water partition coefficient (Wildman–Crippen LogP) is 6.57. The Balaban J connectivity index is 1.90. The van der Waals surface area contributed by atoms with Gasteiger partial charge in [0.15, 0.2) is 0 Å². The van der Waals surface area contributed by atoms with Gasteiger partial charge >= 0.3 is 15.6 Å². The zero-order valence-electron chi connectivity index (χ0n) is 16.9. The van der Waals surface area contributed by atoms with E-state index in [1.807, 2.05) is 62.2 Å². The van der Waals surface area contributed by atoms with Crippen LogP contribution in [0.1, 0.15) is 37.1 Å². The molecule has 1 aliphatic rings. The Morgan fingerprint density at radius 2 is 1.55 bits per heavy atom. The van der Waals surface area contributed by atoms with E-state index in [0.29, 0.717) is 5.56 Å². The molecule has 2 unspecified atom stereocenters. The number of nitrogens with zero attached hydrogens (tertiary/aromatic N) is 1. The minimum absolute atomic E-state index is 0.141. The average molecular weight is 514 g/mol. The first-order valence-corrected chi connectivity index (χ1v) is 11.7. The largest absolute Gasteiger partial charge is 0.534 e. The number of hydrogen-bond acceptors (Lipinski definition) is 4. The van der Waals surface area contributed by atoms with Crippen LogP contribution in [0.4, 0.5) is 13.2 Å². The SMILES string of the molecule is CC1c2c(OS(=O)(=O)C(F)(F)F)ccc(-c3ccc4cc(Br)ccc4c3)c2C(C)N1C. The lowest BCUT2D eigenvalue weighted by Gasteiger charge is -2.20. The van der Waals surface area contributed by atoms with E-state index in [-0.39, 0.29) is 17.8 Å². The molecular formula is C22H19BrF3NO3S. The molecule has 0 saturated carbocycles. The lowest BCUT2D eigenvalue weighted by atomic mass is 9.91. The van der Waals surface area contributed by atoms with Gasteiger partial charge in [-0.2, -0.15) is 21.6 Å². The second-order valence-electron chi connectivity index (χ2n) is 7.65. The molecule has 0 radical (unpaired) electrons. The quantitative estimate of drug-likeness (QED) is 0.293. The summed E-state index contributed by atoms with van der Waals surface area (Å²) < 4.78 is 67.6. The van der Waals surface area contributed by atoms with Gasteiger partial charge in [0.25, 0.3) is 0 Å². The van der Waals surface area contributed by atoms with Crippen LogP contribution in [0.2, 0.25) is 0 Å². The summed E-state index contributed by atoms with van der Waals surface area (Å²) in [6, 6.07) is 14.3. The second kappa shape index (κ2) is 7.50. The van der Waals surface area contributed by atoms with Gasteiger partial charge in [-0.3, -0.25) is 4.90 Å². The minimum Gasteiger partial charge on any atom is -0.376 e. The molecule has 0 saturated heterocycles. The molecule has 0 spiro atoms. The summed E-state index contributed by atoms with van der Waals surface area (Å²) in [5.41, 5.74) is -2.55. The van der Waals surface area contributed by atoms with Gasteiger partial charge in [0.2, 0.25) is 0 Å². The Labute approximate surface area is 186 Å². The maximum absolute atomic E-state index is 12.9. The van der Waals surface area contributed by atoms with Crippen LogP contribution in [0.25, 0.3) is 21.9 Å². The molecule has 9 heteroatoms. The molecule has 3 aromatic rings. The fraction of sp³-hybridized carbons (Fsp3) is 0.273. The Bertz CT molecular complexity index is 1290. The number of benzene rings is 3. The highest BCUT2D eigenvalue weighted by atomic mass is 79.9. The normalized spacial score (nSPS) is 19.6. The monoisotopic (exact) mass is 513 g/mol. The zero-order valence-corrected chi connectivity index (χ0v) is 19.3. The fourth-order valence-electron chi connectivity index (χ4n) is 4.11. The van der Waals surface area contributed by atoms with E-state index in [0.717, 1.165) is 31.9 Å². The number of fused-ring (bicyclic) bond motifs is 2. The predicted molar refractivity (Wildman–Crippen MR) is 117 cm³/mol. The van der Waals surface area contributed by atoms with E-state index in [1.165, 1.54) is 6.07 Å². The number of hydrogen-bond donors (Lipinski definition) is 0. The molecule has 0 amide bonds. The van der Waals surface area contributed by atoms with Crippen molar-refractivity contribution in [2.75, 3.05) is 7.05 Å². The van der Waals surface area contributed by atoms with Crippen LogP contribution in [-0.2, 0) is 10.1 Å². The Kier molecular flexibility index (Phi) is 5.34. The highest BCUT2D eigenvalue weighted by Crippen LogP contribution is 2.50. The molecule has 0 aliphatic carbocycles. The summed E-state index contributed by atoms with van der Waals surface area (Å²) in [4.78, 5) is 1.97. The van der Waals surface area contributed by atoms with Crippen molar-refractivity contribution >= 4 is 36.8 Å². The van der Waals surface area contributed by atoms with Gasteiger partial charge in [0.1, 0.15) is 5.75 Å². The highest BCUT2D eigenvalue weighted by Gasteiger charge is 2.49. The Morgan fingerprint density at radius 1 is 0.935 bits per heavy atom. The smallest absolute Gasteiger partial charge is 0.376 e. The van der Waals surface area contributed by atoms with E-state index in [1.54, 1.807) is 6.07 Å². The summed E-state index contributed by atoms with van der Waals surface area (Å²) in [7, 11) is -3.92. The molecule has 4 nitrogen and oxygen atoms in total. The number of rotatable bonds is 3. The summed E-state index contributed by atoms with van der Waals surface area (Å²) in [6.45, 7) is 3.75. The van der Waals surface area contributed by atoms with Gasteiger partial charge in [-0.05, 0) is 72.6 Å². The molecule has 164 valence electrons. The summed E-state index contributed by atoms with van der Waals surface area (Å²) in [6.07, 6.45) is 0. The van der Waals surface area contributed by atoms with Gasteiger partial charge in [-0.25, -0.2) is 0 Å². The lowest BCUT2D eigenvalue weighted by Crippen LogP contribution is -2.28. The molecule has 0 aromatic heterocycles. The van der Waals surface area contributed by atoms with E-state index in [2.05, 4.69) is 20.1 Å². The standard InChI is InChI=1S/C22H19BrF3NO3S/c1-12-20-18(16-5-4-15-11-17(23)7-6-14(15)10-16)8-9-19(21(20)13(2)27(12)3)30-31(28,29)22(24,25)26/h4-13H,1-3H3. The third-order valence-corrected chi connectivity index (χ3v) is 7.36. The first-order chi connectivity index (χ1) is 14.4. The summed E-state index contributed by atoms with van der Waals surface area (Å²) in [5.74, 6) is -0.288. The van der Waals surface area contributed by atoms with Crippen LogP contribution in [0.5, 0.6) is 5.75 Å². The van der Waals surface area contributed by atoms with Crippen molar-refractivity contribution in [3.63, 3.8) is 0 Å². The molecule has 0 N–H and O–H groups in total. The van der Waals surface area contributed by atoms with Crippen molar-refractivity contribution in [3.8, 4) is 16.9 Å². The topological polar surface area (TPSA) is 46.6 Å². The molecule has 1 heterocycles. The van der Waals surface area contributed by atoms with Crippen LogP contribution in [0, 0.1) is 0 Å². The van der Waals surface area contributed by atoms with Crippen LogP contribution < -0.4 is 4.18 Å². The maximum Gasteiger partial charge on any atom is 0.534 e. The van der Waals surface area contributed by atoms with Crippen LogP contribution in [0.3, 0.4) is 0 Å². The van der Waals surface area contributed by atoms with Crippen molar-refractivity contribution in [2.45, 2.75) is 31.4 Å². The van der Waals surface area contributed by atoms with Crippen molar-refractivity contribution in [2.24, 2.45) is 0 Å². The average Bonchev–Trinajstić information content (AvgIpc) is 2.92. The van der Waals surface area contributed by atoms with E-state index >= 15 is 0 Å². The van der Waals surface area contributed by atoms with Gasteiger partial charge < -0.3 is 4.18 Å². The van der Waals surface area contributed by atoms with Gasteiger partial charge in [0.05, 0.1) is 0 Å². The van der Waals surface area contributed by atoms with Gasteiger partial charge in [0, 0.05) is 22.1 Å². The molecule has 0 bridgehead atoms. The van der Waals surface area contributed by atoms with Gasteiger partial charge in [-0.15, -0.1) is 0 Å². The zero-order chi connectivity index (χ0) is 22.7. The van der Waals surface area contributed by atoms with Crippen LogP contribution in [0.15, 0.2) is 53.0 Å². The number of alkyl halides is 3. The van der Waals surface area contributed by atoms with Crippen molar-refractivity contribution < 1.29 is 25.8 Å². The number of halogens is 4. The first-order valence-electron chi connectivity index (χ1n) is 9.50. The molecule has 31 heavy (non-hydrogen) atoms. The third-order valence-electron chi connectivity index (χ3n) is 5.90. The molecule has 3 aromatic carbocycles. The fourth-order valence-corrected chi connectivity index (χ4v) is 4.97. The minimum atomic E-state index is -5.76. The van der Waals surface area contributed by atoms with Crippen LogP contribution in [-0.4, -0.2) is 25.9 Å². The Morgan fingerprint density at radius 3 is 2.23 bits per heavy atom. The molecule has 2 atom stereocenters. The van der Waals surface area contributed by atoms with Crippen molar-refractivity contribution in [3.05, 3.63) is 64.1 Å². The van der Waals surface area contributed by atoms with Gasteiger partial charge in [-0.1, -0.05) is 40.2 Å². The van der Waals surface area contributed by atoms with Crippen LogP contribution >= 0.6 is 15.9 Å². The third kappa shape index (κ3) is 3.72. The molecular weight excluding hydrogens is 495 g/mol. The molecule has 0 fully saturated rings. The maximum atomic E-state index is 12.9. The van der Waals surface area contributed by atoms with E-state index < -0.39 is 15.6 Å².